The molecule has 6 nitrogen and oxygen atoms in total. The average Bonchev–Trinajstić information content (AvgIpc) is 2.27. The normalized spacial score (nSPS) is 20.6. The average molecular weight is 250 g/mol. The lowest BCUT2D eigenvalue weighted by molar-refractivity contribution is -0.139. The van der Waals surface area contributed by atoms with Crippen LogP contribution in [-0.4, -0.2) is 42.9 Å². The molecular formula is C9H18N2O4S. The highest BCUT2D eigenvalue weighted by molar-refractivity contribution is 7.87. The second kappa shape index (κ2) is 5.60. The Hall–Kier alpha value is -0.660. The van der Waals surface area contributed by atoms with Gasteiger partial charge in [0.05, 0.1) is 0 Å². The maximum atomic E-state index is 11.8. The molecule has 94 valence electrons. The Kier molecular flexibility index (Phi) is 4.69. The minimum Gasteiger partial charge on any atom is -0.480 e. The molecule has 1 aliphatic rings. The topological polar surface area (TPSA) is 86.7 Å². The number of nitrogens with zero attached hydrogens (tertiary/aromatic N) is 1. The SMILES string of the molecule is CCC(NS(=O)(=O)N1CCCCC1)C(=O)O. The number of carboxylic acid groups (broad SMARTS) is 1. The molecule has 0 aromatic rings. The Morgan fingerprint density at radius 3 is 2.38 bits per heavy atom. The molecule has 1 rings (SSSR count). The van der Waals surface area contributed by atoms with Crippen molar-refractivity contribution in [3.8, 4) is 0 Å². The third kappa shape index (κ3) is 3.43. The molecule has 0 spiro atoms. The van der Waals surface area contributed by atoms with Crippen LogP contribution in [-0.2, 0) is 15.0 Å². The van der Waals surface area contributed by atoms with E-state index in [0.29, 0.717) is 13.1 Å². The van der Waals surface area contributed by atoms with Gasteiger partial charge in [0.1, 0.15) is 6.04 Å². The van der Waals surface area contributed by atoms with Crippen molar-refractivity contribution in [2.24, 2.45) is 0 Å². The molecule has 2 N–H and O–H groups in total. The first kappa shape index (κ1) is 13.4. The fraction of sp³-hybridized carbons (Fsp3) is 0.889. The fourth-order valence-corrected chi connectivity index (χ4v) is 3.18. The Bertz CT molecular complexity index is 335. The summed E-state index contributed by atoms with van der Waals surface area (Å²) in [4.78, 5) is 10.7. The Balaban J connectivity index is 2.65. The summed E-state index contributed by atoms with van der Waals surface area (Å²) in [6.45, 7) is 2.59. The van der Waals surface area contributed by atoms with Crippen molar-refractivity contribution in [2.75, 3.05) is 13.1 Å². The summed E-state index contributed by atoms with van der Waals surface area (Å²) in [5, 5.41) is 8.79. The van der Waals surface area contributed by atoms with E-state index in [4.69, 9.17) is 5.11 Å². The first-order valence-corrected chi connectivity index (χ1v) is 6.91. The molecule has 1 heterocycles. The maximum Gasteiger partial charge on any atom is 0.321 e. The zero-order chi connectivity index (χ0) is 12.2. The largest absolute Gasteiger partial charge is 0.480 e. The van der Waals surface area contributed by atoms with Crippen LogP contribution in [0.3, 0.4) is 0 Å². The first-order valence-electron chi connectivity index (χ1n) is 5.47. The smallest absolute Gasteiger partial charge is 0.321 e. The highest BCUT2D eigenvalue weighted by Crippen LogP contribution is 2.12. The van der Waals surface area contributed by atoms with E-state index in [-0.39, 0.29) is 6.42 Å². The third-order valence-corrected chi connectivity index (χ3v) is 4.28. The number of hydrogen-bond donors (Lipinski definition) is 2. The quantitative estimate of drug-likeness (QED) is 0.728. The third-order valence-electron chi connectivity index (χ3n) is 2.65. The molecule has 0 saturated carbocycles. The summed E-state index contributed by atoms with van der Waals surface area (Å²) in [6.07, 6.45) is 2.94. The molecule has 0 bridgehead atoms. The number of aliphatic carboxylic acids is 1. The second-order valence-corrected chi connectivity index (χ2v) is 5.58. The molecule has 0 aliphatic carbocycles. The molecule has 7 heteroatoms. The van der Waals surface area contributed by atoms with Crippen molar-refractivity contribution < 1.29 is 18.3 Å². The van der Waals surface area contributed by atoms with E-state index in [9.17, 15) is 13.2 Å². The lowest BCUT2D eigenvalue weighted by atomic mass is 10.2. The van der Waals surface area contributed by atoms with Gasteiger partial charge in [-0.05, 0) is 19.3 Å². The lowest BCUT2D eigenvalue weighted by Crippen LogP contribution is -2.49. The number of carboxylic acids is 1. The Morgan fingerprint density at radius 1 is 1.38 bits per heavy atom. The number of hydrogen-bond acceptors (Lipinski definition) is 3. The van der Waals surface area contributed by atoms with Crippen LogP contribution < -0.4 is 4.72 Å². The van der Waals surface area contributed by atoms with Crippen LogP contribution in [0.25, 0.3) is 0 Å². The van der Waals surface area contributed by atoms with Crippen LogP contribution in [0.15, 0.2) is 0 Å². The molecule has 1 saturated heterocycles. The van der Waals surface area contributed by atoms with E-state index in [1.807, 2.05) is 0 Å². The number of nitrogens with one attached hydrogen (secondary N) is 1. The molecule has 0 amide bonds. The molecule has 1 unspecified atom stereocenters. The monoisotopic (exact) mass is 250 g/mol. The molecule has 0 radical (unpaired) electrons. The van der Waals surface area contributed by atoms with E-state index in [0.717, 1.165) is 19.3 Å². The van der Waals surface area contributed by atoms with E-state index in [2.05, 4.69) is 4.72 Å². The number of rotatable bonds is 5. The van der Waals surface area contributed by atoms with Gasteiger partial charge in [-0.15, -0.1) is 0 Å². The van der Waals surface area contributed by atoms with Crippen LogP contribution in [0, 0.1) is 0 Å². The molecule has 1 atom stereocenters. The molecule has 1 fully saturated rings. The molecule has 16 heavy (non-hydrogen) atoms. The van der Waals surface area contributed by atoms with Crippen molar-refractivity contribution in [3.05, 3.63) is 0 Å². The van der Waals surface area contributed by atoms with Gasteiger partial charge in [-0.3, -0.25) is 4.79 Å². The van der Waals surface area contributed by atoms with Crippen LogP contribution >= 0.6 is 0 Å². The van der Waals surface area contributed by atoms with E-state index < -0.39 is 22.2 Å². The van der Waals surface area contributed by atoms with E-state index in [1.54, 1.807) is 6.92 Å². The van der Waals surface area contributed by atoms with Gasteiger partial charge < -0.3 is 5.11 Å². The van der Waals surface area contributed by atoms with Crippen LogP contribution in [0.2, 0.25) is 0 Å². The van der Waals surface area contributed by atoms with E-state index >= 15 is 0 Å². The van der Waals surface area contributed by atoms with Crippen molar-refractivity contribution in [1.29, 1.82) is 0 Å². The molecular weight excluding hydrogens is 232 g/mol. The minimum atomic E-state index is -3.64. The van der Waals surface area contributed by atoms with E-state index in [1.165, 1.54) is 4.31 Å². The van der Waals surface area contributed by atoms with Gasteiger partial charge in [0.25, 0.3) is 10.2 Å². The Morgan fingerprint density at radius 2 is 1.94 bits per heavy atom. The Labute approximate surface area is 95.8 Å². The number of carbonyl (C=O) groups is 1. The highest BCUT2D eigenvalue weighted by atomic mass is 32.2. The van der Waals surface area contributed by atoms with Gasteiger partial charge in [0.15, 0.2) is 0 Å². The van der Waals surface area contributed by atoms with Crippen LogP contribution in [0.4, 0.5) is 0 Å². The van der Waals surface area contributed by atoms with Crippen molar-refractivity contribution in [2.45, 2.75) is 38.6 Å². The predicted octanol–water partition coefficient (Wildman–Crippen LogP) is 0.170. The predicted molar refractivity (Wildman–Crippen MR) is 59.2 cm³/mol. The van der Waals surface area contributed by atoms with Crippen LogP contribution in [0.1, 0.15) is 32.6 Å². The zero-order valence-corrected chi connectivity index (χ0v) is 10.2. The highest BCUT2D eigenvalue weighted by Gasteiger charge is 2.28. The summed E-state index contributed by atoms with van der Waals surface area (Å²) in [5.74, 6) is -1.14. The summed E-state index contributed by atoms with van der Waals surface area (Å²) in [6, 6.07) is -1.04. The van der Waals surface area contributed by atoms with Gasteiger partial charge >= 0.3 is 5.97 Å². The lowest BCUT2D eigenvalue weighted by Gasteiger charge is -2.27. The van der Waals surface area contributed by atoms with Gasteiger partial charge in [-0.25, -0.2) is 0 Å². The minimum absolute atomic E-state index is 0.238. The first-order chi connectivity index (χ1) is 7.47. The van der Waals surface area contributed by atoms with Crippen LogP contribution in [0.5, 0.6) is 0 Å². The van der Waals surface area contributed by atoms with Gasteiger partial charge in [-0.2, -0.15) is 17.4 Å². The number of piperidine rings is 1. The maximum absolute atomic E-state index is 11.8. The molecule has 0 aromatic carbocycles. The van der Waals surface area contributed by atoms with Crippen molar-refractivity contribution >= 4 is 16.2 Å². The summed E-state index contributed by atoms with van der Waals surface area (Å²) in [5.41, 5.74) is 0. The standard InChI is InChI=1S/C9H18N2O4S/c1-2-8(9(12)13)10-16(14,15)11-6-4-3-5-7-11/h8,10H,2-7H2,1H3,(H,12,13). The zero-order valence-electron chi connectivity index (χ0n) is 9.35. The summed E-state index contributed by atoms with van der Waals surface area (Å²) < 4.78 is 27.2. The van der Waals surface area contributed by atoms with Gasteiger partial charge in [0, 0.05) is 13.1 Å². The second-order valence-electron chi connectivity index (χ2n) is 3.88. The van der Waals surface area contributed by atoms with Crippen molar-refractivity contribution in [1.82, 2.24) is 9.03 Å². The molecule has 0 aromatic heterocycles. The fourth-order valence-electron chi connectivity index (χ4n) is 1.67. The summed E-state index contributed by atoms with van der Waals surface area (Å²) >= 11 is 0. The molecule has 1 aliphatic heterocycles. The summed E-state index contributed by atoms with van der Waals surface area (Å²) in [7, 11) is -3.64. The van der Waals surface area contributed by atoms with Crippen molar-refractivity contribution in [3.63, 3.8) is 0 Å². The van der Waals surface area contributed by atoms with Gasteiger partial charge in [-0.1, -0.05) is 13.3 Å². The van der Waals surface area contributed by atoms with Gasteiger partial charge in [0.2, 0.25) is 0 Å².